The van der Waals surface area contributed by atoms with Crippen LogP contribution >= 0.6 is 0 Å². The van der Waals surface area contributed by atoms with Crippen molar-refractivity contribution in [3.05, 3.63) is 0 Å². The molecule has 10 nitrogen and oxygen atoms in total. The summed E-state index contributed by atoms with van der Waals surface area (Å²) in [6, 6.07) is 0. The van der Waals surface area contributed by atoms with E-state index in [4.69, 9.17) is 20.1 Å². The zero-order valence-electron chi connectivity index (χ0n) is 19.0. The molecule has 3 N–H and O–H groups in total. The Morgan fingerprint density at radius 1 is 0.677 bits per heavy atom. The van der Waals surface area contributed by atoms with Gasteiger partial charge >= 0.3 is 17.9 Å². The Hall–Kier alpha value is -1.74. The van der Waals surface area contributed by atoms with Crippen LogP contribution in [0, 0.1) is 11.8 Å². The molecule has 3 atom stereocenters. The number of hydrogen-bond acceptors (Lipinski definition) is 7. The zero-order valence-corrected chi connectivity index (χ0v) is 21.4. The van der Waals surface area contributed by atoms with Crippen LogP contribution in [0.1, 0.15) is 67.2 Å². The quantitative estimate of drug-likeness (QED) is 0.253. The molecule has 0 bridgehead atoms. The second kappa shape index (κ2) is 21.5. The van der Waals surface area contributed by atoms with Crippen LogP contribution in [0.2, 0.25) is 0 Å². The molecule has 178 valence electrons. The molecule has 0 saturated carbocycles. The molecule has 0 saturated heterocycles. The van der Waals surface area contributed by atoms with Crippen LogP contribution in [0.3, 0.4) is 0 Å². The van der Waals surface area contributed by atoms with E-state index in [2.05, 4.69) is 0 Å². The van der Waals surface area contributed by atoms with E-state index < -0.39 is 41.6 Å². The largest absolute Gasteiger partial charge is 0.481 e. The maximum absolute atomic E-state index is 10.7. The number of aliphatic carboxylic acids is 3. The Bertz CT molecular complexity index is 515. The molecule has 0 aromatic rings. The Balaban J connectivity index is -0.000000176. The molecule has 0 heterocycles. The van der Waals surface area contributed by atoms with Crippen LogP contribution in [0.25, 0.3) is 0 Å². The Morgan fingerprint density at radius 3 is 1.16 bits per heavy atom. The number of carbonyl (C=O) groups excluding carboxylic acids is 3. The molecule has 0 rings (SSSR count). The van der Waals surface area contributed by atoms with Crippen LogP contribution in [0.15, 0.2) is 0 Å². The predicted molar refractivity (Wildman–Crippen MR) is 107 cm³/mol. The van der Waals surface area contributed by atoms with Crippen molar-refractivity contribution < 1.29 is 75.0 Å². The van der Waals surface area contributed by atoms with E-state index in [-0.39, 0.29) is 37.8 Å². The van der Waals surface area contributed by atoms with E-state index in [9.17, 15) is 28.8 Å². The summed E-state index contributed by atoms with van der Waals surface area (Å²) in [5.41, 5.74) is 0. The number of rotatable bonds is 12. The second-order valence-electron chi connectivity index (χ2n) is 6.37. The third kappa shape index (κ3) is 19.9. The number of carboxylic acids is 3. The van der Waals surface area contributed by atoms with Crippen molar-refractivity contribution in [2.45, 2.75) is 73.3 Å². The maximum Gasteiger partial charge on any atom is 0.340 e. The van der Waals surface area contributed by atoms with Gasteiger partial charge in [-0.15, -0.1) is 0 Å². The van der Waals surface area contributed by atoms with Gasteiger partial charge in [-0.3, -0.25) is 24.0 Å². The molecule has 0 aliphatic heterocycles. The molecular weight excluding hydrogens is 491 g/mol. The summed E-state index contributed by atoms with van der Waals surface area (Å²) in [7, 11) is 0. The van der Waals surface area contributed by atoms with Crippen molar-refractivity contribution in [1.29, 1.82) is 0 Å². The molecule has 31 heavy (non-hydrogen) atoms. The second-order valence-corrected chi connectivity index (χ2v) is 6.37. The summed E-state index contributed by atoms with van der Waals surface area (Å²) in [5.74, 6) is -5.86. The van der Waals surface area contributed by atoms with Crippen LogP contribution in [0.5, 0.6) is 0 Å². The average Bonchev–Trinajstić information content (AvgIpc) is 2.59. The van der Waals surface area contributed by atoms with E-state index in [0.29, 0.717) is 19.4 Å². The normalized spacial score (nSPS) is 12.2. The van der Waals surface area contributed by atoms with Gasteiger partial charge in [-0.1, -0.05) is 27.2 Å². The SMILES string of the molecule is CCC(C(C)=O)C(=O)O.CCC(C(C)=O)C(=O)O.CCCCOC(C(C)=O)C(=O)O.[Zr]. The molecule has 0 amide bonds. The number of Topliss-reactive ketones (excluding diaryl/α,β-unsaturated/α-hetero) is 3. The summed E-state index contributed by atoms with van der Waals surface area (Å²) in [6.45, 7) is 9.45. The minimum Gasteiger partial charge on any atom is -0.481 e. The smallest absolute Gasteiger partial charge is 0.340 e. The molecule has 11 heteroatoms. The van der Waals surface area contributed by atoms with Gasteiger partial charge in [0.05, 0.1) is 0 Å². The molecule has 0 fully saturated rings. The number of ether oxygens (including phenoxy) is 1. The van der Waals surface area contributed by atoms with Crippen molar-refractivity contribution in [2.24, 2.45) is 11.8 Å². The van der Waals surface area contributed by atoms with Crippen LogP contribution in [0.4, 0.5) is 0 Å². The Morgan fingerprint density at radius 2 is 1.03 bits per heavy atom. The van der Waals surface area contributed by atoms with Gasteiger partial charge in [0, 0.05) is 32.8 Å². The van der Waals surface area contributed by atoms with Crippen LogP contribution in [-0.2, 0) is 59.7 Å². The van der Waals surface area contributed by atoms with Crippen LogP contribution in [-0.4, -0.2) is 63.3 Å². The first kappa shape index (κ1) is 36.6. The fourth-order valence-corrected chi connectivity index (χ4v) is 1.98. The number of unbranched alkanes of at least 4 members (excludes halogenated alkanes) is 1. The van der Waals surface area contributed by atoms with E-state index >= 15 is 0 Å². The van der Waals surface area contributed by atoms with Crippen molar-refractivity contribution in [3.8, 4) is 0 Å². The molecule has 0 spiro atoms. The first-order valence-electron chi connectivity index (χ1n) is 9.59. The van der Waals surface area contributed by atoms with Gasteiger partial charge in [0.15, 0.2) is 5.78 Å². The van der Waals surface area contributed by atoms with Gasteiger partial charge in [-0.2, -0.15) is 0 Å². The summed E-state index contributed by atoms with van der Waals surface area (Å²) in [4.78, 5) is 62.2. The van der Waals surface area contributed by atoms with Gasteiger partial charge in [0.25, 0.3) is 0 Å². The molecule has 3 unspecified atom stereocenters. The maximum atomic E-state index is 10.7. The summed E-state index contributed by atoms with van der Waals surface area (Å²) in [6.07, 6.45) is 1.17. The fraction of sp³-hybridized carbons (Fsp3) is 0.700. The van der Waals surface area contributed by atoms with Gasteiger partial charge in [0.2, 0.25) is 6.10 Å². The summed E-state index contributed by atoms with van der Waals surface area (Å²) >= 11 is 0. The van der Waals surface area contributed by atoms with Crippen LogP contribution < -0.4 is 0 Å². The molecular formula is C20H34O10Zr. The Labute approximate surface area is 201 Å². The fourth-order valence-electron chi connectivity index (χ4n) is 1.98. The molecule has 0 aromatic heterocycles. The predicted octanol–water partition coefficient (Wildman–Crippen LogP) is 2.22. The van der Waals surface area contributed by atoms with Crippen molar-refractivity contribution in [1.82, 2.24) is 0 Å². The average molecular weight is 526 g/mol. The van der Waals surface area contributed by atoms with Crippen molar-refractivity contribution >= 4 is 35.3 Å². The molecule has 0 radical (unpaired) electrons. The topological polar surface area (TPSA) is 172 Å². The first-order chi connectivity index (χ1) is 13.8. The first-order valence-corrected chi connectivity index (χ1v) is 9.59. The number of ketones is 3. The van der Waals surface area contributed by atoms with Gasteiger partial charge in [-0.05, 0) is 40.0 Å². The van der Waals surface area contributed by atoms with Gasteiger partial charge in [-0.25, -0.2) is 4.79 Å². The monoisotopic (exact) mass is 524 g/mol. The van der Waals surface area contributed by atoms with Gasteiger partial charge in [0.1, 0.15) is 23.4 Å². The number of hydrogen-bond donors (Lipinski definition) is 3. The minimum atomic E-state index is -1.28. The minimum absolute atomic E-state index is 0. The zero-order chi connectivity index (χ0) is 24.4. The van der Waals surface area contributed by atoms with Crippen molar-refractivity contribution in [2.75, 3.05) is 6.61 Å². The van der Waals surface area contributed by atoms with Crippen molar-refractivity contribution in [3.63, 3.8) is 0 Å². The third-order valence-corrected chi connectivity index (χ3v) is 3.77. The number of carboxylic acid groups (broad SMARTS) is 3. The summed E-state index contributed by atoms with van der Waals surface area (Å²) < 4.78 is 4.86. The molecule has 0 aromatic carbocycles. The van der Waals surface area contributed by atoms with E-state index in [0.717, 1.165) is 12.8 Å². The summed E-state index contributed by atoms with van der Waals surface area (Å²) in [5, 5.41) is 25.1. The Kier molecular flexibility index (Phi) is 25.4. The van der Waals surface area contributed by atoms with Gasteiger partial charge < -0.3 is 20.1 Å². The molecule has 0 aliphatic carbocycles. The number of carbonyl (C=O) groups is 6. The molecule has 0 aliphatic rings. The van der Waals surface area contributed by atoms with E-state index in [1.54, 1.807) is 13.8 Å². The third-order valence-electron chi connectivity index (χ3n) is 3.77. The van der Waals surface area contributed by atoms with E-state index in [1.165, 1.54) is 20.8 Å². The van der Waals surface area contributed by atoms with E-state index in [1.807, 2.05) is 6.92 Å². The standard InChI is InChI=1S/C8H14O4.2C6H10O3.Zr/c1-3-4-5-12-7(6(2)9)8(10)11;2*1-3-5(4(2)7)6(8)9;/h7H,3-5H2,1-2H3,(H,10,11);2*5H,3H2,1-2H3,(H,8,9);.